The summed E-state index contributed by atoms with van der Waals surface area (Å²) in [6.45, 7) is 1.50. The van der Waals surface area contributed by atoms with E-state index in [0.29, 0.717) is 22.3 Å². The second kappa shape index (κ2) is 7.44. The van der Waals surface area contributed by atoms with Crippen LogP contribution < -0.4 is 10.3 Å². The first-order valence-electron chi connectivity index (χ1n) is 9.89. The normalized spacial score (nSPS) is 11.9. The van der Waals surface area contributed by atoms with Crippen molar-refractivity contribution in [3.05, 3.63) is 76.2 Å². The second-order valence-electron chi connectivity index (χ2n) is 7.47. The van der Waals surface area contributed by atoms with E-state index in [4.69, 9.17) is 4.74 Å². The van der Waals surface area contributed by atoms with Gasteiger partial charge >= 0.3 is 6.18 Å². The summed E-state index contributed by atoms with van der Waals surface area (Å²) in [5, 5.41) is 4.47. The van der Waals surface area contributed by atoms with Crippen molar-refractivity contribution in [3.8, 4) is 23.0 Å². The van der Waals surface area contributed by atoms with Gasteiger partial charge in [0.2, 0.25) is 5.88 Å². The van der Waals surface area contributed by atoms with Crippen LogP contribution in [0.2, 0.25) is 0 Å². The van der Waals surface area contributed by atoms with Gasteiger partial charge in [-0.2, -0.15) is 23.3 Å². The molecular weight excluding hydrogens is 435 g/mol. The van der Waals surface area contributed by atoms with E-state index >= 15 is 0 Å². The van der Waals surface area contributed by atoms with Gasteiger partial charge in [-0.15, -0.1) is 0 Å². The van der Waals surface area contributed by atoms with Gasteiger partial charge in [0, 0.05) is 18.7 Å². The van der Waals surface area contributed by atoms with Crippen molar-refractivity contribution < 1.29 is 17.9 Å². The van der Waals surface area contributed by atoms with Gasteiger partial charge in [-0.1, -0.05) is 12.1 Å². The van der Waals surface area contributed by atoms with Gasteiger partial charge in [0.05, 0.1) is 27.5 Å². The lowest BCUT2D eigenvalue weighted by atomic mass is 10.1. The van der Waals surface area contributed by atoms with Gasteiger partial charge in [-0.3, -0.25) is 9.48 Å². The number of hydrogen-bond acceptors (Lipinski definition) is 5. The molecule has 0 unspecified atom stereocenters. The summed E-state index contributed by atoms with van der Waals surface area (Å²) in [6, 6.07) is 14.3. The van der Waals surface area contributed by atoms with Crippen molar-refractivity contribution in [2.45, 2.75) is 13.1 Å². The Kier molecular flexibility index (Phi) is 4.66. The minimum atomic E-state index is -4.59. The van der Waals surface area contributed by atoms with Crippen LogP contribution in [0.4, 0.5) is 13.2 Å². The number of para-hydroxylation sites is 1. The highest BCUT2D eigenvalue weighted by Gasteiger charge is 2.35. The topological polar surface area (TPSA) is 85.7 Å². The van der Waals surface area contributed by atoms with Crippen LogP contribution in [0.25, 0.3) is 33.3 Å². The minimum Gasteiger partial charge on any atom is -0.439 e. The maximum atomic E-state index is 13.7. The Morgan fingerprint density at radius 2 is 1.76 bits per heavy atom. The number of H-pyrrole nitrogens is 1. The number of benzene rings is 2. The standard InChI is InChI=1S/C23H16F3N5O2/c1-12-19-16(23(24,25)26)11-18(28-21(19)31(2)30-12)33-14-9-7-13(8-10-14)20-27-17-6-4-3-5-15(17)22(32)29-20/h3-11H,1-2H3,(H,27,29,32). The third kappa shape index (κ3) is 3.69. The molecule has 0 aliphatic heterocycles. The molecule has 166 valence electrons. The van der Waals surface area contributed by atoms with E-state index in [-0.39, 0.29) is 33.9 Å². The van der Waals surface area contributed by atoms with Crippen molar-refractivity contribution >= 4 is 21.9 Å². The molecule has 0 aliphatic carbocycles. The molecule has 0 fully saturated rings. The summed E-state index contributed by atoms with van der Waals surface area (Å²) in [5.41, 5.74) is 0.362. The fourth-order valence-electron chi connectivity index (χ4n) is 3.72. The molecule has 1 N–H and O–H groups in total. The van der Waals surface area contributed by atoms with Gasteiger partial charge < -0.3 is 9.72 Å². The Bertz CT molecular complexity index is 1570. The van der Waals surface area contributed by atoms with Crippen LogP contribution in [0.5, 0.6) is 11.6 Å². The maximum absolute atomic E-state index is 13.7. The number of aromatic amines is 1. The number of aromatic nitrogens is 5. The number of aryl methyl sites for hydroxylation is 2. The van der Waals surface area contributed by atoms with E-state index in [1.165, 1.54) is 18.7 Å². The first kappa shape index (κ1) is 20.7. The predicted molar refractivity (Wildman–Crippen MR) is 116 cm³/mol. The number of fused-ring (bicyclic) bond motifs is 2. The Labute approximate surface area is 184 Å². The van der Waals surface area contributed by atoms with Crippen molar-refractivity contribution in [2.24, 2.45) is 7.05 Å². The van der Waals surface area contributed by atoms with E-state index in [1.54, 1.807) is 48.5 Å². The molecule has 0 aliphatic rings. The smallest absolute Gasteiger partial charge is 0.417 e. The van der Waals surface area contributed by atoms with Gasteiger partial charge in [0.15, 0.2) is 5.65 Å². The maximum Gasteiger partial charge on any atom is 0.417 e. The van der Waals surface area contributed by atoms with Crippen molar-refractivity contribution in [1.82, 2.24) is 24.7 Å². The van der Waals surface area contributed by atoms with E-state index in [0.717, 1.165) is 6.07 Å². The zero-order valence-corrected chi connectivity index (χ0v) is 17.4. The summed E-state index contributed by atoms with van der Waals surface area (Å²) in [5.74, 6) is 0.443. The van der Waals surface area contributed by atoms with Crippen molar-refractivity contribution in [3.63, 3.8) is 0 Å². The van der Waals surface area contributed by atoms with Gasteiger partial charge in [-0.05, 0) is 43.3 Å². The molecule has 7 nitrogen and oxygen atoms in total. The van der Waals surface area contributed by atoms with E-state index < -0.39 is 11.7 Å². The van der Waals surface area contributed by atoms with Gasteiger partial charge in [-0.25, -0.2) is 4.98 Å². The lowest BCUT2D eigenvalue weighted by molar-refractivity contribution is -0.136. The molecular formula is C23H16F3N5O2. The van der Waals surface area contributed by atoms with Crippen LogP contribution in [0.3, 0.4) is 0 Å². The molecule has 0 radical (unpaired) electrons. The van der Waals surface area contributed by atoms with Crippen LogP contribution >= 0.6 is 0 Å². The highest BCUT2D eigenvalue weighted by atomic mass is 19.4. The summed E-state index contributed by atoms with van der Waals surface area (Å²) in [4.78, 5) is 23.7. The summed E-state index contributed by atoms with van der Waals surface area (Å²) in [7, 11) is 1.53. The highest BCUT2D eigenvalue weighted by Crippen LogP contribution is 2.38. The number of hydrogen-bond donors (Lipinski definition) is 1. The van der Waals surface area contributed by atoms with Gasteiger partial charge in [0.1, 0.15) is 11.6 Å². The van der Waals surface area contributed by atoms with Crippen molar-refractivity contribution in [2.75, 3.05) is 0 Å². The monoisotopic (exact) mass is 451 g/mol. The Morgan fingerprint density at radius 3 is 2.48 bits per heavy atom. The van der Waals surface area contributed by atoms with E-state index in [9.17, 15) is 18.0 Å². The Hall–Kier alpha value is -4.21. The second-order valence-corrected chi connectivity index (χ2v) is 7.47. The van der Waals surface area contributed by atoms with Crippen LogP contribution in [-0.2, 0) is 13.2 Å². The third-order valence-electron chi connectivity index (χ3n) is 5.21. The number of alkyl halides is 3. The number of ether oxygens (including phenoxy) is 1. The highest BCUT2D eigenvalue weighted by molar-refractivity contribution is 5.83. The molecule has 0 atom stereocenters. The zero-order valence-electron chi connectivity index (χ0n) is 17.4. The van der Waals surface area contributed by atoms with Crippen molar-refractivity contribution in [1.29, 1.82) is 0 Å². The summed E-state index contributed by atoms with van der Waals surface area (Å²) in [6.07, 6.45) is -4.59. The molecule has 10 heteroatoms. The number of nitrogens with one attached hydrogen (secondary N) is 1. The molecule has 0 spiro atoms. The molecule has 0 saturated heterocycles. The molecule has 3 heterocycles. The fourth-order valence-corrected chi connectivity index (χ4v) is 3.72. The zero-order chi connectivity index (χ0) is 23.3. The average Bonchev–Trinajstić information content (AvgIpc) is 3.06. The van der Waals surface area contributed by atoms with E-state index in [2.05, 4.69) is 20.1 Å². The average molecular weight is 451 g/mol. The quantitative estimate of drug-likeness (QED) is 0.418. The summed E-state index contributed by atoms with van der Waals surface area (Å²) >= 11 is 0. The molecule has 5 aromatic rings. The lowest BCUT2D eigenvalue weighted by Crippen LogP contribution is -2.09. The minimum absolute atomic E-state index is 0.0565. The lowest BCUT2D eigenvalue weighted by Gasteiger charge is -2.12. The Balaban J connectivity index is 1.50. The van der Waals surface area contributed by atoms with Crippen LogP contribution in [0.1, 0.15) is 11.3 Å². The predicted octanol–water partition coefficient (Wildman–Crippen LogP) is 4.99. The number of rotatable bonds is 3. The summed E-state index contributed by atoms with van der Waals surface area (Å²) < 4.78 is 47.9. The molecule has 3 aromatic heterocycles. The molecule has 2 aromatic carbocycles. The van der Waals surface area contributed by atoms with Crippen LogP contribution in [0.15, 0.2) is 59.4 Å². The number of halogens is 3. The first-order chi connectivity index (χ1) is 15.7. The number of nitrogens with zero attached hydrogens (tertiary/aromatic N) is 4. The molecule has 0 amide bonds. The molecule has 5 rings (SSSR count). The molecule has 0 bridgehead atoms. The first-order valence-corrected chi connectivity index (χ1v) is 9.89. The SMILES string of the molecule is Cc1nn(C)c2nc(Oc3ccc(-c4nc5ccccc5c(=O)[nH]4)cc3)cc(C(F)(F)F)c12. The van der Waals surface area contributed by atoms with E-state index in [1.807, 2.05) is 0 Å². The largest absolute Gasteiger partial charge is 0.439 e. The van der Waals surface area contributed by atoms with Gasteiger partial charge in [0.25, 0.3) is 5.56 Å². The third-order valence-corrected chi connectivity index (χ3v) is 5.21. The van der Waals surface area contributed by atoms with Crippen LogP contribution in [-0.4, -0.2) is 24.7 Å². The fraction of sp³-hybridized carbons (Fsp3) is 0.130. The molecule has 0 saturated carbocycles. The van der Waals surface area contributed by atoms with Crippen LogP contribution in [0, 0.1) is 6.92 Å². The Morgan fingerprint density at radius 1 is 1.03 bits per heavy atom. The number of pyridine rings is 1. The molecule has 33 heavy (non-hydrogen) atoms.